The lowest BCUT2D eigenvalue weighted by atomic mass is 10.1. The summed E-state index contributed by atoms with van der Waals surface area (Å²) in [6, 6.07) is 5.24. The topological polar surface area (TPSA) is 36.3 Å². The first kappa shape index (κ1) is 16.4. The van der Waals surface area contributed by atoms with Crippen LogP contribution < -0.4 is 0 Å². The molecule has 0 bridgehead atoms. The van der Waals surface area contributed by atoms with Gasteiger partial charge in [0.1, 0.15) is 5.82 Å². The van der Waals surface area contributed by atoms with E-state index in [1.807, 2.05) is 0 Å². The molecule has 0 aliphatic heterocycles. The van der Waals surface area contributed by atoms with Crippen molar-refractivity contribution in [1.82, 2.24) is 4.90 Å². The average molecular weight is 290 g/mol. The highest BCUT2D eigenvalue weighted by Crippen LogP contribution is 2.19. The maximum atomic E-state index is 13.0. The summed E-state index contributed by atoms with van der Waals surface area (Å²) >= 11 is 0. The van der Waals surface area contributed by atoms with Crippen LogP contribution in [0.3, 0.4) is 0 Å². The van der Waals surface area contributed by atoms with Gasteiger partial charge in [0.2, 0.25) is 0 Å². The van der Waals surface area contributed by atoms with Crippen molar-refractivity contribution >= 4 is 0 Å². The molecular formula is C13H14F4N2O. The minimum atomic E-state index is -4.35. The number of halogens is 4. The number of hydrogen-bond acceptors (Lipinski definition) is 3. The fraction of sp³-hybridized carbons (Fsp3) is 0.462. The predicted molar refractivity (Wildman–Crippen MR) is 64.3 cm³/mol. The van der Waals surface area contributed by atoms with Crippen LogP contribution >= 0.6 is 0 Å². The second-order valence-electron chi connectivity index (χ2n) is 4.23. The van der Waals surface area contributed by atoms with E-state index < -0.39 is 18.5 Å². The summed E-state index contributed by atoms with van der Waals surface area (Å²) in [6.45, 7) is -0.998. The van der Waals surface area contributed by atoms with Gasteiger partial charge in [-0.15, -0.1) is 0 Å². The molecule has 3 nitrogen and oxygen atoms in total. The van der Waals surface area contributed by atoms with Gasteiger partial charge in [-0.2, -0.15) is 18.4 Å². The summed E-state index contributed by atoms with van der Waals surface area (Å²) in [4.78, 5) is 1.11. The molecule has 7 heteroatoms. The van der Waals surface area contributed by atoms with E-state index in [0.29, 0.717) is 5.56 Å². The van der Waals surface area contributed by atoms with Gasteiger partial charge < -0.3 is 4.74 Å². The maximum absolute atomic E-state index is 13.0. The van der Waals surface area contributed by atoms with Crippen molar-refractivity contribution in [2.45, 2.75) is 12.7 Å². The molecule has 0 saturated carbocycles. The Hall–Kier alpha value is -1.65. The zero-order chi connectivity index (χ0) is 15.2. The third kappa shape index (κ3) is 5.55. The zero-order valence-electron chi connectivity index (χ0n) is 10.9. The Kier molecular flexibility index (Phi) is 5.92. The van der Waals surface area contributed by atoms with Crippen molar-refractivity contribution in [2.24, 2.45) is 0 Å². The third-order valence-corrected chi connectivity index (χ3v) is 2.60. The van der Waals surface area contributed by atoms with Crippen LogP contribution in [0.2, 0.25) is 0 Å². The number of methoxy groups -OCH3 is 1. The number of benzene rings is 1. The minimum Gasteiger partial charge on any atom is -0.383 e. The number of nitrogens with zero attached hydrogens (tertiary/aromatic N) is 2. The molecule has 0 saturated heterocycles. The van der Waals surface area contributed by atoms with E-state index in [1.54, 1.807) is 6.07 Å². The first-order chi connectivity index (χ1) is 9.35. The van der Waals surface area contributed by atoms with E-state index in [0.717, 1.165) is 17.0 Å². The second kappa shape index (κ2) is 7.22. The molecule has 0 aromatic heterocycles. The smallest absolute Gasteiger partial charge is 0.383 e. The molecular weight excluding hydrogens is 276 g/mol. The van der Waals surface area contributed by atoms with Crippen molar-refractivity contribution in [1.29, 1.82) is 5.26 Å². The zero-order valence-corrected chi connectivity index (χ0v) is 10.9. The maximum Gasteiger partial charge on any atom is 0.401 e. The third-order valence-electron chi connectivity index (χ3n) is 2.60. The normalized spacial score (nSPS) is 11.7. The summed E-state index contributed by atoms with van der Waals surface area (Å²) in [5.74, 6) is -0.593. The van der Waals surface area contributed by atoms with Crippen molar-refractivity contribution in [3.63, 3.8) is 0 Å². The molecule has 0 amide bonds. The summed E-state index contributed by atoms with van der Waals surface area (Å²) in [7, 11) is 1.39. The van der Waals surface area contributed by atoms with Crippen molar-refractivity contribution in [3.05, 3.63) is 35.1 Å². The number of hydrogen-bond donors (Lipinski definition) is 0. The summed E-state index contributed by atoms with van der Waals surface area (Å²) < 4.78 is 55.2. The SMILES string of the molecule is COCCN(Cc1ccc(F)cc1C#N)CC(F)(F)F. The molecule has 0 heterocycles. The molecule has 0 fully saturated rings. The summed E-state index contributed by atoms with van der Waals surface area (Å²) in [5.41, 5.74) is 0.392. The van der Waals surface area contributed by atoms with E-state index in [-0.39, 0.29) is 25.3 Å². The lowest BCUT2D eigenvalue weighted by Gasteiger charge is -2.23. The number of rotatable bonds is 6. The van der Waals surface area contributed by atoms with Gasteiger partial charge in [-0.3, -0.25) is 4.90 Å². The molecule has 0 aliphatic carbocycles. The second-order valence-corrected chi connectivity index (χ2v) is 4.23. The quantitative estimate of drug-likeness (QED) is 0.756. The standard InChI is InChI=1S/C13H14F4N2O/c1-20-5-4-19(9-13(15,16)17)8-10-2-3-12(14)6-11(10)7-18/h2-3,6H,4-5,8-9H2,1H3. The summed E-state index contributed by atoms with van der Waals surface area (Å²) in [6.07, 6.45) is -4.35. The van der Waals surface area contributed by atoms with Crippen LogP contribution in [-0.4, -0.2) is 37.9 Å². The molecule has 1 rings (SSSR count). The Morgan fingerprint density at radius 1 is 1.35 bits per heavy atom. The molecule has 1 aromatic rings. The fourth-order valence-corrected chi connectivity index (χ4v) is 1.72. The van der Waals surface area contributed by atoms with Crippen LogP contribution in [0, 0.1) is 17.1 Å². The van der Waals surface area contributed by atoms with E-state index in [1.165, 1.54) is 13.2 Å². The van der Waals surface area contributed by atoms with E-state index >= 15 is 0 Å². The van der Waals surface area contributed by atoms with Gasteiger partial charge >= 0.3 is 6.18 Å². The van der Waals surface area contributed by atoms with Gasteiger partial charge in [0.05, 0.1) is 24.8 Å². The largest absolute Gasteiger partial charge is 0.401 e. The van der Waals surface area contributed by atoms with Crippen LogP contribution in [0.1, 0.15) is 11.1 Å². The Morgan fingerprint density at radius 2 is 2.05 bits per heavy atom. The first-order valence-electron chi connectivity index (χ1n) is 5.82. The van der Waals surface area contributed by atoms with E-state index in [9.17, 15) is 17.6 Å². The molecule has 0 atom stereocenters. The van der Waals surface area contributed by atoms with Crippen LogP contribution in [0.4, 0.5) is 17.6 Å². The molecule has 0 unspecified atom stereocenters. The number of ether oxygens (including phenoxy) is 1. The molecule has 20 heavy (non-hydrogen) atoms. The molecule has 110 valence electrons. The monoisotopic (exact) mass is 290 g/mol. The minimum absolute atomic E-state index is 0.0367. The molecule has 0 radical (unpaired) electrons. The lowest BCUT2D eigenvalue weighted by Crippen LogP contribution is -2.36. The summed E-state index contributed by atoms with van der Waals surface area (Å²) in [5, 5.41) is 8.88. The molecule has 0 spiro atoms. The Bertz CT molecular complexity index is 482. The van der Waals surface area contributed by atoms with Crippen molar-refractivity contribution in [2.75, 3.05) is 26.8 Å². The Morgan fingerprint density at radius 3 is 2.60 bits per heavy atom. The van der Waals surface area contributed by atoms with Crippen molar-refractivity contribution < 1.29 is 22.3 Å². The highest BCUT2D eigenvalue weighted by atomic mass is 19.4. The van der Waals surface area contributed by atoms with Crippen molar-refractivity contribution in [3.8, 4) is 6.07 Å². The van der Waals surface area contributed by atoms with E-state index in [2.05, 4.69) is 0 Å². The van der Waals surface area contributed by atoms with Gasteiger partial charge in [0, 0.05) is 20.2 Å². The molecule has 0 aliphatic rings. The predicted octanol–water partition coefficient (Wildman–Crippen LogP) is 2.71. The van der Waals surface area contributed by atoms with Gasteiger partial charge in [0.15, 0.2) is 0 Å². The van der Waals surface area contributed by atoms with Crippen LogP contribution in [0.15, 0.2) is 18.2 Å². The fourth-order valence-electron chi connectivity index (χ4n) is 1.72. The highest BCUT2D eigenvalue weighted by molar-refractivity contribution is 5.37. The molecule has 1 aromatic carbocycles. The number of alkyl halides is 3. The lowest BCUT2D eigenvalue weighted by molar-refractivity contribution is -0.148. The Balaban J connectivity index is 2.86. The number of nitriles is 1. The van der Waals surface area contributed by atoms with Crippen LogP contribution in [0.5, 0.6) is 0 Å². The van der Waals surface area contributed by atoms with E-state index in [4.69, 9.17) is 10.00 Å². The Labute approximate surface area is 114 Å². The highest BCUT2D eigenvalue weighted by Gasteiger charge is 2.30. The van der Waals surface area contributed by atoms with Gasteiger partial charge in [-0.05, 0) is 17.7 Å². The van der Waals surface area contributed by atoms with Crippen LogP contribution in [0.25, 0.3) is 0 Å². The van der Waals surface area contributed by atoms with Gasteiger partial charge in [-0.25, -0.2) is 4.39 Å². The first-order valence-corrected chi connectivity index (χ1v) is 5.82. The van der Waals surface area contributed by atoms with Crippen LogP contribution in [-0.2, 0) is 11.3 Å². The molecule has 0 N–H and O–H groups in total. The average Bonchev–Trinajstić information content (AvgIpc) is 2.36. The van der Waals surface area contributed by atoms with Gasteiger partial charge in [0.25, 0.3) is 0 Å². The van der Waals surface area contributed by atoms with Gasteiger partial charge in [-0.1, -0.05) is 6.07 Å².